The van der Waals surface area contributed by atoms with Crippen molar-refractivity contribution < 1.29 is 37.3 Å². The molecule has 0 aromatic heterocycles. The van der Waals surface area contributed by atoms with Gasteiger partial charge in [-0.05, 0) is 49.4 Å². The highest BCUT2D eigenvalue weighted by molar-refractivity contribution is 5.81. The number of ether oxygens (including phenoxy) is 3. The summed E-state index contributed by atoms with van der Waals surface area (Å²) in [7, 11) is 0. The first-order valence-electron chi connectivity index (χ1n) is 7.76. The largest absolute Gasteiger partial charge is 0.573 e. The Balaban J connectivity index is 1.83. The molecular formula is C17H19F3O5. The molecular weight excluding hydrogens is 341 g/mol. The molecule has 1 aromatic carbocycles. The van der Waals surface area contributed by atoms with Crippen molar-refractivity contribution in [2.75, 3.05) is 6.61 Å². The molecule has 0 spiro atoms. The summed E-state index contributed by atoms with van der Waals surface area (Å²) in [6.45, 7) is 3.52. The van der Waals surface area contributed by atoms with Crippen molar-refractivity contribution in [3.63, 3.8) is 0 Å². The van der Waals surface area contributed by atoms with E-state index in [0.29, 0.717) is 25.0 Å². The van der Waals surface area contributed by atoms with Crippen molar-refractivity contribution in [3.05, 3.63) is 36.9 Å². The number of carbonyl (C=O) groups excluding carboxylic acids is 1. The third kappa shape index (κ3) is 6.30. The molecule has 0 amide bonds. The second kappa shape index (κ2) is 8.24. The molecule has 3 unspecified atom stereocenters. The second-order valence-electron chi connectivity index (χ2n) is 5.76. The summed E-state index contributed by atoms with van der Waals surface area (Å²) in [5.41, 5.74) is 0. The van der Waals surface area contributed by atoms with Gasteiger partial charge in [-0.25, -0.2) is 4.79 Å². The van der Waals surface area contributed by atoms with Gasteiger partial charge in [-0.3, -0.25) is 0 Å². The number of benzene rings is 1. The lowest BCUT2D eigenvalue weighted by atomic mass is 9.86. The SMILES string of the molecule is C=CC(=O)OCC1CCC(Oc2ccc(OC(F)(F)F)cc2)C(O)C1. The third-order valence-electron chi connectivity index (χ3n) is 3.84. The Morgan fingerprint density at radius 3 is 2.44 bits per heavy atom. The zero-order chi connectivity index (χ0) is 18.4. The zero-order valence-electron chi connectivity index (χ0n) is 13.4. The lowest BCUT2D eigenvalue weighted by Gasteiger charge is -2.33. The Kier molecular flexibility index (Phi) is 6.30. The number of hydrogen-bond donors (Lipinski definition) is 1. The van der Waals surface area contributed by atoms with E-state index >= 15 is 0 Å². The minimum Gasteiger partial charge on any atom is -0.488 e. The molecule has 3 atom stereocenters. The standard InChI is InChI=1S/C17H19F3O5/c1-2-16(22)23-10-11-3-8-15(14(21)9-11)24-12-4-6-13(7-5-12)25-17(18,19)20/h2,4-7,11,14-15,21H,1,3,8-10H2. The number of carbonyl (C=O) groups is 1. The van der Waals surface area contributed by atoms with E-state index < -0.39 is 24.5 Å². The maximum atomic E-state index is 12.1. The van der Waals surface area contributed by atoms with Crippen LogP contribution in [0.3, 0.4) is 0 Å². The number of aliphatic hydroxyl groups is 1. The molecule has 25 heavy (non-hydrogen) atoms. The van der Waals surface area contributed by atoms with Crippen molar-refractivity contribution >= 4 is 5.97 Å². The molecule has 0 bridgehead atoms. The highest BCUT2D eigenvalue weighted by Crippen LogP contribution is 2.30. The van der Waals surface area contributed by atoms with Crippen molar-refractivity contribution in [2.24, 2.45) is 5.92 Å². The fraction of sp³-hybridized carbons (Fsp3) is 0.471. The number of rotatable bonds is 6. The molecule has 0 saturated heterocycles. The predicted octanol–water partition coefficient (Wildman–Crippen LogP) is 3.22. The summed E-state index contributed by atoms with van der Waals surface area (Å²) in [6.07, 6.45) is -3.25. The Morgan fingerprint density at radius 2 is 1.88 bits per heavy atom. The Bertz CT molecular complexity index is 585. The molecule has 0 radical (unpaired) electrons. The van der Waals surface area contributed by atoms with E-state index in [-0.39, 0.29) is 18.3 Å². The van der Waals surface area contributed by atoms with Gasteiger partial charge in [0.05, 0.1) is 12.7 Å². The third-order valence-corrected chi connectivity index (χ3v) is 3.84. The molecule has 138 valence electrons. The van der Waals surface area contributed by atoms with Crippen molar-refractivity contribution in [1.82, 2.24) is 0 Å². The lowest BCUT2D eigenvalue weighted by Crippen LogP contribution is -2.39. The average Bonchev–Trinajstić information content (AvgIpc) is 2.55. The first-order valence-corrected chi connectivity index (χ1v) is 7.76. The minimum absolute atomic E-state index is 0.0290. The van der Waals surface area contributed by atoms with Crippen LogP contribution in [0.25, 0.3) is 0 Å². The van der Waals surface area contributed by atoms with Gasteiger partial charge < -0.3 is 19.3 Å². The minimum atomic E-state index is -4.74. The second-order valence-corrected chi connectivity index (χ2v) is 5.76. The number of hydrogen-bond acceptors (Lipinski definition) is 5. The summed E-state index contributed by atoms with van der Waals surface area (Å²) >= 11 is 0. The van der Waals surface area contributed by atoms with Gasteiger partial charge in [0.15, 0.2) is 0 Å². The van der Waals surface area contributed by atoms with Gasteiger partial charge in [-0.15, -0.1) is 13.2 Å². The lowest BCUT2D eigenvalue weighted by molar-refractivity contribution is -0.274. The van der Waals surface area contributed by atoms with Gasteiger partial charge in [-0.2, -0.15) is 0 Å². The Labute approximate surface area is 143 Å². The fourth-order valence-corrected chi connectivity index (χ4v) is 2.65. The summed E-state index contributed by atoms with van der Waals surface area (Å²) in [5, 5.41) is 10.2. The predicted molar refractivity (Wildman–Crippen MR) is 82.0 cm³/mol. The van der Waals surface area contributed by atoms with Crippen LogP contribution in [-0.4, -0.2) is 36.3 Å². The summed E-state index contributed by atoms with van der Waals surface area (Å²) in [4.78, 5) is 11.0. The van der Waals surface area contributed by atoms with Gasteiger partial charge in [0, 0.05) is 6.08 Å². The summed E-state index contributed by atoms with van der Waals surface area (Å²) in [6, 6.07) is 5.00. The van der Waals surface area contributed by atoms with Crippen molar-refractivity contribution in [3.8, 4) is 11.5 Å². The maximum absolute atomic E-state index is 12.1. The van der Waals surface area contributed by atoms with Crippen LogP contribution in [0.1, 0.15) is 19.3 Å². The van der Waals surface area contributed by atoms with E-state index in [0.717, 1.165) is 18.2 Å². The molecule has 1 aliphatic rings. The Morgan fingerprint density at radius 1 is 1.24 bits per heavy atom. The molecule has 1 saturated carbocycles. The quantitative estimate of drug-likeness (QED) is 0.623. The molecule has 5 nitrogen and oxygen atoms in total. The van der Waals surface area contributed by atoms with Gasteiger partial charge in [-0.1, -0.05) is 6.58 Å². The van der Waals surface area contributed by atoms with E-state index in [1.165, 1.54) is 12.1 Å². The van der Waals surface area contributed by atoms with E-state index in [9.17, 15) is 23.1 Å². The molecule has 0 heterocycles. The summed E-state index contributed by atoms with van der Waals surface area (Å²) < 4.78 is 50.7. The average molecular weight is 360 g/mol. The van der Waals surface area contributed by atoms with Crippen molar-refractivity contribution in [2.45, 2.75) is 37.8 Å². The highest BCUT2D eigenvalue weighted by atomic mass is 19.4. The van der Waals surface area contributed by atoms with Crippen LogP contribution in [0.5, 0.6) is 11.5 Å². The maximum Gasteiger partial charge on any atom is 0.573 e. The van der Waals surface area contributed by atoms with Crippen LogP contribution in [-0.2, 0) is 9.53 Å². The number of esters is 1. The molecule has 8 heteroatoms. The van der Waals surface area contributed by atoms with Crippen LogP contribution in [0, 0.1) is 5.92 Å². The van der Waals surface area contributed by atoms with Crippen LogP contribution < -0.4 is 9.47 Å². The topological polar surface area (TPSA) is 65.0 Å². The van der Waals surface area contributed by atoms with Crippen molar-refractivity contribution in [1.29, 1.82) is 0 Å². The van der Waals surface area contributed by atoms with Gasteiger partial charge in [0.25, 0.3) is 0 Å². The fourth-order valence-electron chi connectivity index (χ4n) is 2.65. The molecule has 1 aliphatic carbocycles. The first kappa shape index (κ1) is 19.1. The normalized spacial score (nSPS) is 23.6. The van der Waals surface area contributed by atoms with Gasteiger partial charge in [0.1, 0.15) is 17.6 Å². The van der Waals surface area contributed by atoms with Crippen LogP contribution >= 0.6 is 0 Å². The molecule has 2 rings (SSSR count). The van der Waals surface area contributed by atoms with Crippen LogP contribution in [0.2, 0.25) is 0 Å². The Hall–Kier alpha value is -2.22. The number of halogens is 3. The first-order chi connectivity index (χ1) is 11.8. The van der Waals surface area contributed by atoms with E-state index in [4.69, 9.17) is 9.47 Å². The van der Waals surface area contributed by atoms with Gasteiger partial charge in [0.2, 0.25) is 0 Å². The molecule has 1 N–H and O–H groups in total. The zero-order valence-corrected chi connectivity index (χ0v) is 13.4. The molecule has 1 fully saturated rings. The van der Waals surface area contributed by atoms with E-state index in [1.54, 1.807) is 0 Å². The van der Waals surface area contributed by atoms with Crippen LogP contribution in [0.15, 0.2) is 36.9 Å². The molecule has 1 aromatic rings. The monoisotopic (exact) mass is 360 g/mol. The van der Waals surface area contributed by atoms with Crippen LogP contribution in [0.4, 0.5) is 13.2 Å². The highest BCUT2D eigenvalue weighted by Gasteiger charge is 2.32. The summed E-state index contributed by atoms with van der Waals surface area (Å²) in [5.74, 6) is -0.474. The van der Waals surface area contributed by atoms with Gasteiger partial charge >= 0.3 is 12.3 Å². The molecule has 0 aliphatic heterocycles. The number of aliphatic hydroxyl groups excluding tert-OH is 1. The smallest absolute Gasteiger partial charge is 0.488 e. The van der Waals surface area contributed by atoms with E-state index in [2.05, 4.69) is 11.3 Å². The van der Waals surface area contributed by atoms with E-state index in [1.807, 2.05) is 0 Å². The number of alkyl halides is 3.